The van der Waals surface area contributed by atoms with Crippen molar-refractivity contribution in [1.29, 1.82) is 0 Å². The van der Waals surface area contributed by atoms with Crippen molar-refractivity contribution in [2.75, 3.05) is 0 Å². The van der Waals surface area contributed by atoms with Gasteiger partial charge >= 0.3 is 6.18 Å². The Kier molecular flexibility index (Phi) is 3.58. The molecule has 6 heteroatoms. The molecule has 0 bridgehead atoms. The van der Waals surface area contributed by atoms with Crippen LogP contribution in [0, 0.1) is 5.82 Å². The van der Waals surface area contributed by atoms with Gasteiger partial charge in [-0.05, 0) is 33.6 Å². The number of hydrogen-bond donors (Lipinski definition) is 0. The molecule has 0 aromatic heterocycles. The molecule has 0 aliphatic carbocycles. The smallest absolute Gasteiger partial charge is 0.206 e. The molecular formula is C8H4Br2F4. The minimum atomic E-state index is -4.46. The van der Waals surface area contributed by atoms with Crippen molar-refractivity contribution in [2.24, 2.45) is 0 Å². The van der Waals surface area contributed by atoms with E-state index in [2.05, 4.69) is 31.9 Å². The van der Waals surface area contributed by atoms with Gasteiger partial charge in [0.25, 0.3) is 0 Å². The van der Waals surface area contributed by atoms with Gasteiger partial charge in [0.1, 0.15) is 5.82 Å². The van der Waals surface area contributed by atoms with Crippen molar-refractivity contribution in [3.05, 3.63) is 33.5 Å². The average molecular weight is 336 g/mol. The highest BCUT2D eigenvalue weighted by Crippen LogP contribution is 2.37. The molecule has 0 aliphatic heterocycles. The Labute approximate surface area is 94.6 Å². The van der Waals surface area contributed by atoms with E-state index in [9.17, 15) is 17.6 Å². The Morgan fingerprint density at radius 2 is 1.79 bits per heavy atom. The van der Waals surface area contributed by atoms with Crippen LogP contribution in [0.4, 0.5) is 17.6 Å². The maximum Gasteiger partial charge on any atom is 0.416 e. The topological polar surface area (TPSA) is 0 Å². The van der Waals surface area contributed by atoms with Crippen molar-refractivity contribution >= 4 is 31.9 Å². The number of halogens is 6. The van der Waals surface area contributed by atoms with Crippen LogP contribution in [0.1, 0.15) is 11.1 Å². The summed E-state index contributed by atoms with van der Waals surface area (Å²) in [6.45, 7) is 0. The average Bonchev–Trinajstić information content (AvgIpc) is 2.07. The van der Waals surface area contributed by atoms with E-state index in [0.717, 1.165) is 12.1 Å². The van der Waals surface area contributed by atoms with E-state index in [1.54, 1.807) is 0 Å². The van der Waals surface area contributed by atoms with Crippen molar-refractivity contribution in [3.63, 3.8) is 0 Å². The molecule has 0 saturated heterocycles. The number of alkyl halides is 4. The lowest BCUT2D eigenvalue weighted by atomic mass is 10.1. The summed E-state index contributed by atoms with van der Waals surface area (Å²) in [5.41, 5.74) is -0.958. The summed E-state index contributed by atoms with van der Waals surface area (Å²) < 4.78 is 49.9. The third-order valence-electron chi connectivity index (χ3n) is 1.64. The first-order valence-corrected chi connectivity index (χ1v) is 5.39. The van der Waals surface area contributed by atoms with Crippen LogP contribution < -0.4 is 0 Å². The lowest BCUT2D eigenvalue weighted by Crippen LogP contribution is -2.09. The summed E-state index contributed by atoms with van der Waals surface area (Å²) in [7, 11) is 0. The Morgan fingerprint density at radius 1 is 1.21 bits per heavy atom. The molecule has 0 fully saturated rings. The Balaban J connectivity index is 3.39. The van der Waals surface area contributed by atoms with Crippen molar-refractivity contribution in [1.82, 2.24) is 0 Å². The van der Waals surface area contributed by atoms with Crippen molar-refractivity contribution in [2.45, 2.75) is 11.5 Å². The van der Waals surface area contributed by atoms with Gasteiger partial charge in [0.05, 0.1) is 10.0 Å². The predicted molar refractivity (Wildman–Crippen MR) is 51.7 cm³/mol. The van der Waals surface area contributed by atoms with E-state index in [0.29, 0.717) is 0 Å². The van der Waals surface area contributed by atoms with Crippen molar-refractivity contribution in [3.8, 4) is 0 Å². The lowest BCUT2D eigenvalue weighted by Gasteiger charge is -2.12. The molecule has 0 saturated carbocycles. The summed E-state index contributed by atoms with van der Waals surface area (Å²) in [6, 6.07) is 1.52. The van der Waals surface area contributed by atoms with E-state index in [1.165, 1.54) is 0 Å². The fourth-order valence-electron chi connectivity index (χ4n) is 0.989. The minimum absolute atomic E-state index is 0.0554. The van der Waals surface area contributed by atoms with Crippen LogP contribution in [-0.4, -0.2) is 0 Å². The van der Waals surface area contributed by atoms with Gasteiger partial charge in [-0.1, -0.05) is 15.9 Å². The van der Waals surface area contributed by atoms with Crippen LogP contribution in [0.25, 0.3) is 0 Å². The number of benzene rings is 1. The highest BCUT2D eigenvalue weighted by Gasteiger charge is 2.34. The summed E-state index contributed by atoms with van der Waals surface area (Å²) >= 11 is 5.67. The van der Waals surface area contributed by atoms with E-state index in [1.807, 2.05) is 0 Å². The van der Waals surface area contributed by atoms with Crippen molar-refractivity contribution < 1.29 is 17.6 Å². The van der Waals surface area contributed by atoms with Gasteiger partial charge < -0.3 is 0 Å². The molecule has 0 nitrogen and oxygen atoms in total. The molecule has 1 aromatic rings. The van der Waals surface area contributed by atoms with E-state index in [4.69, 9.17) is 0 Å². The summed E-state index contributed by atoms with van der Waals surface area (Å²) in [6.07, 6.45) is -4.46. The summed E-state index contributed by atoms with van der Waals surface area (Å²) in [5, 5.41) is -0.0554. The van der Waals surface area contributed by atoms with Gasteiger partial charge in [0, 0.05) is 5.33 Å². The Bertz CT molecular complexity index is 346. The first kappa shape index (κ1) is 12.0. The fraction of sp³-hybridized carbons (Fsp3) is 0.250. The third-order valence-corrected chi connectivity index (χ3v) is 3.05. The van der Waals surface area contributed by atoms with Gasteiger partial charge in [-0.2, -0.15) is 13.2 Å². The normalized spacial score (nSPS) is 11.9. The molecule has 14 heavy (non-hydrogen) atoms. The SMILES string of the molecule is Fc1ccc(C(F)(F)F)c(CBr)c1Br. The number of rotatable bonds is 1. The molecule has 0 amide bonds. The zero-order valence-electron chi connectivity index (χ0n) is 6.63. The van der Waals surface area contributed by atoms with Crippen LogP contribution in [-0.2, 0) is 11.5 Å². The van der Waals surface area contributed by atoms with Gasteiger partial charge in [-0.3, -0.25) is 0 Å². The maximum absolute atomic E-state index is 12.9. The van der Waals surface area contributed by atoms with Crippen LogP contribution in [0.2, 0.25) is 0 Å². The molecule has 1 rings (SSSR count). The second-order valence-electron chi connectivity index (χ2n) is 2.52. The fourth-order valence-corrected chi connectivity index (χ4v) is 2.43. The highest BCUT2D eigenvalue weighted by molar-refractivity contribution is 9.10. The van der Waals surface area contributed by atoms with Crippen LogP contribution in [0.15, 0.2) is 16.6 Å². The second kappa shape index (κ2) is 4.18. The highest BCUT2D eigenvalue weighted by atomic mass is 79.9. The maximum atomic E-state index is 12.9. The van der Waals surface area contributed by atoms with E-state index in [-0.39, 0.29) is 15.4 Å². The van der Waals surface area contributed by atoms with Gasteiger partial charge in [0.2, 0.25) is 0 Å². The van der Waals surface area contributed by atoms with Crippen LogP contribution in [0.5, 0.6) is 0 Å². The predicted octanol–water partition coefficient (Wildman–Crippen LogP) is 4.50. The largest absolute Gasteiger partial charge is 0.416 e. The van der Waals surface area contributed by atoms with Gasteiger partial charge in [-0.15, -0.1) is 0 Å². The minimum Gasteiger partial charge on any atom is -0.206 e. The standard InChI is InChI=1S/C8H4Br2F4/c9-3-4-5(8(12,13)14)1-2-6(11)7(4)10/h1-2H,3H2. The molecule has 0 aliphatic rings. The van der Waals surface area contributed by atoms with E-state index < -0.39 is 17.6 Å². The molecule has 0 heterocycles. The lowest BCUT2D eigenvalue weighted by molar-refractivity contribution is -0.138. The quantitative estimate of drug-likeness (QED) is 0.523. The molecular weight excluding hydrogens is 332 g/mol. The molecule has 0 atom stereocenters. The summed E-state index contributed by atoms with van der Waals surface area (Å²) in [5.74, 6) is -0.701. The van der Waals surface area contributed by atoms with Gasteiger partial charge in [-0.25, -0.2) is 4.39 Å². The zero-order chi connectivity index (χ0) is 10.9. The molecule has 1 aromatic carbocycles. The van der Waals surface area contributed by atoms with Gasteiger partial charge in [0.15, 0.2) is 0 Å². The third kappa shape index (κ3) is 2.28. The molecule has 0 unspecified atom stereocenters. The molecule has 0 radical (unpaired) electrons. The first-order valence-electron chi connectivity index (χ1n) is 3.48. The molecule has 0 N–H and O–H groups in total. The molecule has 78 valence electrons. The zero-order valence-corrected chi connectivity index (χ0v) is 9.80. The summed E-state index contributed by atoms with van der Waals surface area (Å²) in [4.78, 5) is 0. The second-order valence-corrected chi connectivity index (χ2v) is 3.87. The Hall–Kier alpha value is -0.100. The monoisotopic (exact) mass is 334 g/mol. The van der Waals surface area contributed by atoms with E-state index >= 15 is 0 Å². The molecule has 0 spiro atoms. The first-order chi connectivity index (χ1) is 6.38. The Morgan fingerprint density at radius 3 is 2.21 bits per heavy atom. The van der Waals surface area contributed by atoms with Crippen LogP contribution >= 0.6 is 31.9 Å². The number of hydrogen-bond acceptors (Lipinski definition) is 0. The van der Waals surface area contributed by atoms with Crippen LogP contribution in [0.3, 0.4) is 0 Å².